The molecule has 1 aromatic heterocycles. The van der Waals surface area contributed by atoms with Gasteiger partial charge in [0.25, 0.3) is 0 Å². The molecule has 29 heavy (non-hydrogen) atoms. The van der Waals surface area contributed by atoms with Crippen molar-refractivity contribution in [3.05, 3.63) is 81.6 Å². The maximum atomic E-state index is 6.58. The molecule has 0 bridgehead atoms. The molecule has 0 radical (unpaired) electrons. The summed E-state index contributed by atoms with van der Waals surface area (Å²) in [5.41, 5.74) is 3.95. The zero-order chi connectivity index (χ0) is 20.2. The molecule has 1 saturated heterocycles. The molecular formula is C22H23Cl2N5. The van der Waals surface area contributed by atoms with Crippen LogP contribution in [-0.2, 0) is 6.54 Å². The Morgan fingerprint density at radius 2 is 1.66 bits per heavy atom. The summed E-state index contributed by atoms with van der Waals surface area (Å²) in [6.45, 7) is 6.59. The predicted molar refractivity (Wildman–Crippen MR) is 119 cm³/mol. The first-order valence-corrected chi connectivity index (χ1v) is 10.4. The molecule has 1 aliphatic heterocycles. The van der Waals surface area contributed by atoms with Crippen LogP contribution in [0.1, 0.15) is 16.8 Å². The summed E-state index contributed by atoms with van der Waals surface area (Å²) in [7, 11) is 0. The van der Waals surface area contributed by atoms with Gasteiger partial charge in [-0.05, 0) is 36.8 Å². The highest BCUT2D eigenvalue weighted by molar-refractivity contribution is 6.32. The molecule has 2 aromatic carbocycles. The van der Waals surface area contributed by atoms with Crippen LogP contribution in [0.3, 0.4) is 0 Å². The van der Waals surface area contributed by atoms with E-state index in [0.29, 0.717) is 5.15 Å². The molecule has 0 spiro atoms. The molecule has 5 nitrogen and oxygen atoms in total. The Bertz CT molecular complexity index is 974. The lowest BCUT2D eigenvalue weighted by atomic mass is 10.2. The van der Waals surface area contributed by atoms with E-state index in [1.54, 1.807) is 4.68 Å². The number of para-hydroxylation sites is 1. The number of hydrogen-bond donors (Lipinski definition) is 0. The van der Waals surface area contributed by atoms with Crippen molar-refractivity contribution in [3.63, 3.8) is 0 Å². The van der Waals surface area contributed by atoms with E-state index in [-0.39, 0.29) is 0 Å². The van der Waals surface area contributed by atoms with Crippen molar-refractivity contribution in [2.24, 2.45) is 5.10 Å². The third-order valence-corrected chi connectivity index (χ3v) is 5.68. The summed E-state index contributed by atoms with van der Waals surface area (Å²) in [4.78, 5) is 2.43. The smallest absolute Gasteiger partial charge is 0.142 e. The molecule has 150 valence electrons. The third kappa shape index (κ3) is 4.81. The van der Waals surface area contributed by atoms with Crippen molar-refractivity contribution in [1.29, 1.82) is 0 Å². The average Bonchev–Trinajstić information content (AvgIpc) is 3.03. The van der Waals surface area contributed by atoms with Gasteiger partial charge in [-0.2, -0.15) is 10.2 Å². The lowest BCUT2D eigenvalue weighted by molar-refractivity contribution is 0.131. The molecule has 0 aliphatic carbocycles. The minimum Gasteiger partial charge on any atom is -0.295 e. The molecule has 0 amide bonds. The number of benzene rings is 2. The maximum Gasteiger partial charge on any atom is 0.142 e. The fourth-order valence-electron chi connectivity index (χ4n) is 3.40. The molecule has 7 heteroatoms. The van der Waals surface area contributed by atoms with Crippen molar-refractivity contribution < 1.29 is 0 Å². The topological polar surface area (TPSA) is 36.7 Å². The molecule has 0 unspecified atom stereocenters. The van der Waals surface area contributed by atoms with E-state index >= 15 is 0 Å². The second kappa shape index (κ2) is 8.99. The van der Waals surface area contributed by atoms with Gasteiger partial charge >= 0.3 is 0 Å². The maximum absolute atomic E-state index is 6.58. The normalized spacial score (nSPS) is 15.3. The van der Waals surface area contributed by atoms with Crippen LogP contribution in [0.2, 0.25) is 10.2 Å². The van der Waals surface area contributed by atoms with Gasteiger partial charge in [0.2, 0.25) is 0 Å². The fourth-order valence-corrected chi connectivity index (χ4v) is 3.84. The monoisotopic (exact) mass is 427 g/mol. The van der Waals surface area contributed by atoms with Crippen LogP contribution in [-0.4, -0.2) is 52.1 Å². The van der Waals surface area contributed by atoms with Crippen molar-refractivity contribution in [2.45, 2.75) is 13.5 Å². The van der Waals surface area contributed by atoms with Crippen LogP contribution in [0.25, 0.3) is 5.69 Å². The van der Waals surface area contributed by atoms with E-state index in [4.69, 9.17) is 23.2 Å². The highest BCUT2D eigenvalue weighted by atomic mass is 35.5. The first-order valence-electron chi connectivity index (χ1n) is 9.66. The average molecular weight is 428 g/mol. The van der Waals surface area contributed by atoms with Crippen LogP contribution < -0.4 is 0 Å². The summed E-state index contributed by atoms with van der Waals surface area (Å²) in [6, 6.07) is 17.9. The number of aryl methyl sites for hydroxylation is 1. The number of hydrogen-bond acceptors (Lipinski definition) is 4. The van der Waals surface area contributed by atoms with Crippen LogP contribution in [0.5, 0.6) is 0 Å². The summed E-state index contributed by atoms with van der Waals surface area (Å²) < 4.78 is 1.75. The van der Waals surface area contributed by atoms with Gasteiger partial charge in [-0.25, -0.2) is 4.68 Å². The van der Waals surface area contributed by atoms with E-state index in [1.807, 2.05) is 55.6 Å². The highest BCUT2D eigenvalue weighted by Gasteiger charge is 2.17. The summed E-state index contributed by atoms with van der Waals surface area (Å²) in [5.74, 6) is 0. The molecule has 0 N–H and O–H groups in total. The molecule has 1 fully saturated rings. The highest BCUT2D eigenvalue weighted by Crippen LogP contribution is 2.22. The molecule has 3 aromatic rings. The van der Waals surface area contributed by atoms with Crippen LogP contribution in [0, 0.1) is 6.92 Å². The Labute approximate surface area is 181 Å². The van der Waals surface area contributed by atoms with E-state index in [1.165, 1.54) is 5.56 Å². The largest absolute Gasteiger partial charge is 0.295 e. The van der Waals surface area contributed by atoms with Crippen molar-refractivity contribution in [3.8, 4) is 5.69 Å². The number of aromatic nitrogens is 2. The lowest BCUT2D eigenvalue weighted by Crippen LogP contribution is -2.43. The fraction of sp³-hybridized carbons (Fsp3) is 0.273. The van der Waals surface area contributed by atoms with Crippen LogP contribution in [0.4, 0.5) is 0 Å². The summed E-state index contributed by atoms with van der Waals surface area (Å²) >= 11 is 12.5. The Morgan fingerprint density at radius 3 is 2.34 bits per heavy atom. The lowest BCUT2D eigenvalue weighted by Gasteiger charge is -2.33. The van der Waals surface area contributed by atoms with Gasteiger partial charge < -0.3 is 0 Å². The third-order valence-electron chi connectivity index (χ3n) is 5.07. The first kappa shape index (κ1) is 20.0. The quantitative estimate of drug-likeness (QED) is 0.556. The predicted octanol–water partition coefficient (Wildman–Crippen LogP) is 4.64. The SMILES string of the molecule is Cc1nn(-c2ccccc2)c(Cl)c1/C=N\N1CCN(Cc2ccc(Cl)cc2)CC1. The second-order valence-electron chi connectivity index (χ2n) is 7.14. The van der Waals surface area contributed by atoms with Gasteiger partial charge in [-0.3, -0.25) is 9.91 Å². The second-order valence-corrected chi connectivity index (χ2v) is 7.93. The summed E-state index contributed by atoms with van der Waals surface area (Å²) in [5, 5.41) is 12.7. The van der Waals surface area contributed by atoms with Crippen molar-refractivity contribution in [2.75, 3.05) is 26.2 Å². The number of rotatable bonds is 5. The van der Waals surface area contributed by atoms with E-state index in [9.17, 15) is 0 Å². The number of nitrogens with zero attached hydrogens (tertiary/aromatic N) is 5. The van der Waals surface area contributed by atoms with Gasteiger partial charge in [0.05, 0.1) is 23.2 Å². The number of halogens is 2. The standard InChI is InChI=1S/C22H23Cl2N5/c1-17-21(22(24)29(26-17)20-5-3-2-4-6-20)15-25-28-13-11-27(12-14-28)16-18-7-9-19(23)10-8-18/h2-10,15H,11-14,16H2,1H3/b25-15-. The Kier molecular flexibility index (Phi) is 6.19. The van der Waals surface area contributed by atoms with E-state index in [0.717, 1.165) is 54.7 Å². The van der Waals surface area contributed by atoms with Gasteiger partial charge in [-0.15, -0.1) is 0 Å². The number of piperazine rings is 1. The molecule has 1 aliphatic rings. The zero-order valence-electron chi connectivity index (χ0n) is 16.3. The number of hydrazone groups is 1. The minimum atomic E-state index is 0.582. The molecular weight excluding hydrogens is 405 g/mol. The first-order chi connectivity index (χ1) is 14.1. The summed E-state index contributed by atoms with van der Waals surface area (Å²) in [6.07, 6.45) is 1.83. The van der Waals surface area contributed by atoms with Gasteiger partial charge in [0.1, 0.15) is 5.15 Å². The Morgan fingerprint density at radius 1 is 0.966 bits per heavy atom. The molecule has 2 heterocycles. The van der Waals surface area contributed by atoms with Crippen molar-refractivity contribution in [1.82, 2.24) is 19.7 Å². The van der Waals surface area contributed by atoms with E-state index < -0.39 is 0 Å². The zero-order valence-corrected chi connectivity index (χ0v) is 17.8. The molecule has 4 rings (SSSR count). The van der Waals surface area contributed by atoms with Crippen LogP contribution >= 0.6 is 23.2 Å². The minimum absolute atomic E-state index is 0.582. The molecule has 0 saturated carbocycles. The van der Waals surface area contributed by atoms with Gasteiger partial charge in [0, 0.05) is 37.7 Å². The Balaban J connectivity index is 1.37. The van der Waals surface area contributed by atoms with Gasteiger partial charge in [0.15, 0.2) is 0 Å². The molecule has 0 atom stereocenters. The van der Waals surface area contributed by atoms with Gasteiger partial charge in [-0.1, -0.05) is 53.5 Å². The Hall–Kier alpha value is -2.34. The van der Waals surface area contributed by atoms with Crippen LogP contribution in [0.15, 0.2) is 59.7 Å². The van der Waals surface area contributed by atoms with Crippen molar-refractivity contribution >= 4 is 29.4 Å². The van der Waals surface area contributed by atoms with E-state index in [2.05, 4.69) is 32.2 Å².